The van der Waals surface area contributed by atoms with E-state index in [4.69, 9.17) is 11.6 Å². The van der Waals surface area contributed by atoms with Crippen molar-refractivity contribution in [3.05, 3.63) is 70.3 Å². The molecule has 1 fully saturated rings. The number of hydrogen-bond acceptors (Lipinski definition) is 3. The van der Waals surface area contributed by atoms with Crippen molar-refractivity contribution in [3.63, 3.8) is 0 Å². The van der Waals surface area contributed by atoms with E-state index in [1.165, 1.54) is 11.1 Å². The van der Waals surface area contributed by atoms with Crippen molar-refractivity contribution in [2.75, 3.05) is 5.01 Å². The van der Waals surface area contributed by atoms with Gasteiger partial charge in [-0.3, -0.25) is 19.8 Å². The molecule has 114 valence electrons. The van der Waals surface area contributed by atoms with Crippen LogP contribution in [-0.4, -0.2) is 18.1 Å². The Kier molecular flexibility index (Phi) is 3.95. The van der Waals surface area contributed by atoms with Gasteiger partial charge in [0.2, 0.25) is 0 Å². The highest BCUT2D eigenvalue weighted by molar-refractivity contribution is 6.32. The number of carbonyl (C=O) groups excluding carboxylic acids is 3. The van der Waals surface area contributed by atoms with E-state index in [-0.39, 0.29) is 5.57 Å². The smallest absolute Gasteiger partial charge is 0.282 e. The maximum absolute atomic E-state index is 12.4. The lowest BCUT2D eigenvalue weighted by molar-refractivity contribution is -0.117. The normalized spacial score (nSPS) is 15.9. The minimum Gasteiger partial charge on any atom is -0.298 e. The van der Waals surface area contributed by atoms with Crippen LogP contribution >= 0.6 is 11.6 Å². The number of halogens is 1. The fraction of sp³-hybridized carbons (Fsp3) is 0. The molecule has 1 N–H and O–H groups in total. The highest BCUT2D eigenvalue weighted by Crippen LogP contribution is 2.23. The van der Waals surface area contributed by atoms with E-state index in [9.17, 15) is 14.4 Å². The zero-order valence-corrected chi connectivity index (χ0v) is 12.6. The maximum atomic E-state index is 12.4. The van der Waals surface area contributed by atoms with E-state index in [2.05, 4.69) is 5.43 Å². The summed E-state index contributed by atoms with van der Waals surface area (Å²) in [6.45, 7) is 0. The number of aldehydes is 1. The lowest BCUT2D eigenvalue weighted by Crippen LogP contribution is -2.35. The molecule has 0 bridgehead atoms. The van der Waals surface area contributed by atoms with Crippen molar-refractivity contribution in [1.82, 2.24) is 5.43 Å². The second-order valence-corrected chi connectivity index (χ2v) is 5.34. The van der Waals surface area contributed by atoms with Crippen molar-refractivity contribution < 1.29 is 14.4 Å². The van der Waals surface area contributed by atoms with Gasteiger partial charge in [-0.25, -0.2) is 5.01 Å². The van der Waals surface area contributed by atoms with Crippen LogP contribution in [-0.2, 0) is 9.59 Å². The molecule has 5 nitrogen and oxygen atoms in total. The molecule has 2 aromatic carbocycles. The number of nitrogens with zero attached hydrogens (tertiary/aromatic N) is 1. The minimum absolute atomic E-state index is 0.0267. The van der Waals surface area contributed by atoms with Gasteiger partial charge in [0.1, 0.15) is 11.9 Å². The molecule has 0 atom stereocenters. The van der Waals surface area contributed by atoms with E-state index >= 15 is 0 Å². The number of carbonyl (C=O) groups is 3. The van der Waals surface area contributed by atoms with Gasteiger partial charge in [0.25, 0.3) is 11.8 Å². The molecule has 0 saturated carbocycles. The Morgan fingerprint density at radius 1 is 0.913 bits per heavy atom. The molecule has 6 heteroatoms. The van der Waals surface area contributed by atoms with Gasteiger partial charge in [0.15, 0.2) is 0 Å². The largest absolute Gasteiger partial charge is 0.298 e. The van der Waals surface area contributed by atoms with Crippen LogP contribution in [0.5, 0.6) is 0 Å². The Bertz CT molecular complexity index is 811. The van der Waals surface area contributed by atoms with Crippen molar-refractivity contribution in [2.45, 2.75) is 0 Å². The topological polar surface area (TPSA) is 66.5 Å². The molecular formula is C17H11ClN2O3. The van der Waals surface area contributed by atoms with E-state index < -0.39 is 11.8 Å². The van der Waals surface area contributed by atoms with Gasteiger partial charge in [0.05, 0.1) is 5.69 Å². The molecule has 23 heavy (non-hydrogen) atoms. The Morgan fingerprint density at radius 3 is 2.13 bits per heavy atom. The highest BCUT2D eigenvalue weighted by Gasteiger charge is 2.34. The molecule has 0 unspecified atom stereocenters. The standard InChI is InChI=1S/C17H11ClN2O3/c18-13-5-7-14(8-6-13)20-17(23)15(16(22)19-20)9-11-1-3-12(10-21)4-2-11/h1-10H,(H,19,22). The van der Waals surface area contributed by atoms with Gasteiger partial charge >= 0.3 is 0 Å². The average Bonchev–Trinajstić information content (AvgIpc) is 2.84. The number of hydrazine groups is 1. The lowest BCUT2D eigenvalue weighted by atomic mass is 10.1. The van der Waals surface area contributed by atoms with Gasteiger partial charge in [-0.05, 0) is 35.9 Å². The number of amides is 2. The lowest BCUT2D eigenvalue weighted by Gasteiger charge is -2.14. The first-order chi connectivity index (χ1) is 11.1. The predicted molar refractivity (Wildman–Crippen MR) is 86.9 cm³/mol. The summed E-state index contributed by atoms with van der Waals surface area (Å²) >= 11 is 5.82. The number of anilines is 1. The summed E-state index contributed by atoms with van der Waals surface area (Å²) in [6.07, 6.45) is 2.22. The first-order valence-corrected chi connectivity index (χ1v) is 7.14. The fourth-order valence-corrected chi connectivity index (χ4v) is 2.29. The Morgan fingerprint density at radius 2 is 1.52 bits per heavy atom. The van der Waals surface area contributed by atoms with Crippen LogP contribution in [0.1, 0.15) is 15.9 Å². The molecule has 1 heterocycles. The molecule has 1 aliphatic heterocycles. The SMILES string of the molecule is O=Cc1ccc(C=C2C(=O)NN(c3ccc(Cl)cc3)C2=O)cc1. The van der Waals surface area contributed by atoms with Crippen LogP contribution in [0.2, 0.25) is 5.02 Å². The maximum Gasteiger partial charge on any atom is 0.282 e. The Hall–Kier alpha value is -2.92. The number of rotatable bonds is 3. The molecule has 2 aromatic rings. The summed E-state index contributed by atoms with van der Waals surface area (Å²) in [6, 6.07) is 13.1. The summed E-state index contributed by atoms with van der Waals surface area (Å²) in [5.41, 5.74) is 4.24. The van der Waals surface area contributed by atoms with Crippen molar-refractivity contribution >= 4 is 41.5 Å². The third-order valence-electron chi connectivity index (χ3n) is 3.36. The summed E-state index contributed by atoms with van der Waals surface area (Å²) in [5.74, 6) is -0.929. The quantitative estimate of drug-likeness (QED) is 0.535. The minimum atomic E-state index is -0.482. The molecule has 0 radical (unpaired) electrons. The van der Waals surface area contributed by atoms with Crippen LogP contribution in [0.25, 0.3) is 6.08 Å². The monoisotopic (exact) mass is 326 g/mol. The molecule has 2 amide bonds. The van der Waals surface area contributed by atoms with Crippen LogP contribution in [0, 0.1) is 0 Å². The molecule has 1 saturated heterocycles. The van der Waals surface area contributed by atoms with E-state index in [1.54, 1.807) is 48.5 Å². The average molecular weight is 327 g/mol. The molecule has 0 aromatic heterocycles. The Labute approximate surface area is 137 Å². The van der Waals surface area contributed by atoms with Crippen LogP contribution in [0.15, 0.2) is 54.1 Å². The number of hydrogen-bond donors (Lipinski definition) is 1. The van der Waals surface area contributed by atoms with Gasteiger partial charge in [0, 0.05) is 10.6 Å². The second kappa shape index (κ2) is 6.06. The summed E-state index contributed by atoms with van der Waals surface area (Å²) in [5, 5.41) is 1.71. The first-order valence-electron chi connectivity index (χ1n) is 6.76. The van der Waals surface area contributed by atoms with E-state index in [0.717, 1.165) is 6.29 Å². The van der Waals surface area contributed by atoms with Crippen molar-refractivity contribution in [1.29, 1.82) is 0 Å². The van der Waals surface area contributed by atoms with Crippen molar-refractivity contribution in [2.24, 2.45) is 0 Å². The van der Waals surface area contributed by atoms with Crippen LogP contribution in [0.4, 0.5) is 5.69 Å². The van der Waals surface area contributed by atoms with Gasteiger partial charge in [-0.2, -0.15) is 0 Å². The fourth-order valence-electron chi connectivity index (χ4n) is 2.17. The zero-order valence-electron chi connectivity index (χ0n) is 11.8. The van der Waals surface area contributed by atoms with E-state index in [1.807, 2.05) is 0 Å². The molecule has 0 spiro atoms. The van der Waals surface area contributed by atoms with Gasteiger partial charge in [-0.15, -0.1) is 0 Å². The summed E-state index contributed by atoms with van der Waals surface area (Å²) < 4.78 is 0. The summed E-state index contributed by atoms with van der Waals surface area (Å²) in [4.78, 5) is 35.1. The second-order valence-electron chi connectivity index (χ2n) is 4.90. The zero-order chi connectivity index (χ0) is 16.4. The molecule has 1 aliphatic rings. The third-order valence-corrected chi connectivity index (χ3v) is 3.61. The van der Waals surface area contributed by atoms with Gasteiger partial charge in [-0.1, -0.05) is 35.9 Å². The molecule has 0 aliphatic carbocycles. The number of nitrogens with one attached hydrogen (secondary N) is 1. The van der Waals surface area contributed by atoms with Gasteiger partial charge < -0.3 is 0 Å². The van der Waals surface area contributed by atoms with Crippen LogP contribution < -0.4 is 10.4 Å². The molecule has 3 rings (SSSR count). The number of benzene rings is 2. The summed E-state index contributed by atoms with van der Waals surface area (Å²) in [7, 11) is 0. The Balaban J connectivity index is 1.89. The van der Waals surface area contributed by atoms with Crippen LogP contribution in [0.3, 0.4) is 0 Å². The predicted octanol–water partition coefficient (Wildman–Crippen LogP) is 2.61. The molecular weight excluding hydrogens is 316 g/mol. The first kappa shape index (κ1) is 15.0. The van der Waals surface area contributed by atoms with Crippen molar-refractivity contribution in [3.8, 4) is 0 Å². The van der Waals surface area contributed by atoms with E-state index in [0.29, 0.717) is 21.8 Å². The highest BCUT2D eigenvalue weighted by atomic mass is 35.5. The third kappa shape index (κ3) is 3.00.